The van der Waals surface area contributed by atoms with Crippen LogP contribution in [-0.2, 0) is 4.79 Å². The molecule has 1 aliphatic rings. The number of carboxylic acid groups (broad SMARTS) is 1. The molecule has 0 saturated heterocycles. The fraction of sp³-hybridized carbons (Fsp3) is 0.857. The standard InChI is InChI=1S/C21H38O5/c1-3-4-9-15(2)18(22)13-12-17-16(19(23)14-20(17)24)10-7-5-6-8-11-21(25)26/h12-13,15-20,22-24H,3-11,14H2,1-2H3,(H,25,26). The van der Waals surface area contributed by atoms with Gasteiger partial charge in [-0.05, 0) is 31.1 Å². The van der Waals surface area contributed by atoms with E-state index in [1.807, 2.05) is 13.0 Å². The zero-order valence-corrected chi connectivity index (χ0v) is 16.4. The minimum absolute atomic E-state index is 0.0128. The fourth-order valence-electron chi connectivity index (χ4n) is 3.92. The molecule has 0 aromatic carbocycles. The molecule has 0 aromatic heterocycles. The molecule has 0 heterocycles. The van der Waals surface area contributed by atoms with Gasteiger partial charge in [0, 0.05) is 18.8 Å². The molecule has 1 rings (SSSR count). The van der Waals surface area contributed by atoms with Gasteiger partial charge in [-0.1, -0.05) is 58.1 Å². The number of carboxylic acids is 1. The third-order valence-electron chi connectivity index (χ3n) is 5.72. The first-order valence-electron chi connectivity index (χ1n) is 10.3. The van der Waals surface area contributed by atoms with Crippen LogP contribution in [0.3, 0.4) is 0 Å². The quantitative estimate of drug-likeness (QED) is 0.294. The highest BCUT2D eigenvalue weighted by molar-refractivity contribution is 5.66. The van der Waals surface area contributed by atoms with Crippen molar-refractivity contribution in [2.75, 3.05) is 0 Å². The molecule has 1 aliphatic carbocycles. The number of aliphatic hydroxyl groups excluding tert-OH is 3. The Morgan fingerprint density at radius 2 is 1.81 bits per heavy atom. The molecule has 6 unspecified atom stereocenters. The molecular formula is C21H38O5. The van der Waals surface area contributed by atoms with Gasteiger partial charge in [-0.15, -0.1) is 0 Å². The van der Waals surface area contributed by atoms with E-state index >= 15 is 0 Å². The monoisotopic (exact) mass is 370 g/mol. The van der Waals surface area contributed by atoms with Crippen LogP contribution in [0.2, 0.25) is 0 Å². The van der Waals surface area contributed by atoms with Crippen molar-refractivity contribution in [3.63, 3.8) is 0 Å². The van der Waals surface area contributed by atoms with Gasteiger partial charge in [0.25, 0.3) is 0 Å². The summed E-state index contributed by atoms with van der Waals surface area (Å²) in [5.41, 5.74) is 0. The predicted octanol–water partition coefficient (Wildman–Crippen LogP) is 3.51. The highest BCUT2D eigenvalue weighted by Crippen LogP contribution is 2.37. The van der Waals surface area contributed by atoms with Gasteiger partial charge in [-0.25, -0.2) is 0 Å². The second-order valence-electron chi connectivity index (χ2n) is 7.95. The Hall–Kier alpha value is -0.910. The van der Waals surface area contributed by atoms with E-state index in [2.05, 4.69) is 6.92 Å². The van der Waals surface area contributed by atoms with Crippen molar-refractivity contribution in [2.24, 2.45) is 17.8 Å². The molecule has 26 heavy (non-hydrogen) atoms. The second kappa shape index (κ2) is 12.5. The molecule has 0 amide bonds. The maximum Gasteiger partial charge on any atom is 0.303 e. The topological polar surface area (TPSA) is 98.0 Å². The maximum absolute atomic E-state index is 10.5. The predicted molar refractivity (Wildman–Crippen MR) is 103 cm³/mol. The van der Waals surface area contributed by atoms with Crippen molar-refractivity contribution in [1.82, 2.24) is 0 Å². The molecule has 5 nitrogen and oxygen atoms in total. The van der Waals surface area contributed by atoms with Crippen LogP contribution in [0.25, 0.3) is 0 Å². The Bertz CT molecular complexity index is 423. The third kappa shape index (κ3) is 8.19. The molecule has 0 spiro atoms. The van der Waals surface area contributed by atoms with Crippen molar-refractivity contribution in [3.8, 4) is 0 Å². The summed E-state index contributed by atoms with van der Waals surface area (Å²) in [6.45, 7) is 4.18. The van der Waals surface area contributed by atoms with Crippen molar-refractivity contribution < 1.29 is 25.2 Å². The van der Waals surface area contributed by atoms with Gasteiger partial charge in [0.15, 0.2) is 0 Å². The van der Waals surface area contributed by atoms with Gasteiger partial charge in [-0.3, -0.25) is 4.79 Å². The summed E-state index contributed by atoms with van der Waals surface area (Å²) in [5.74, 6) is -0.658. The lowest BCUT2D eigenvalue weighted by atomic mass is 9.87. The van der Waals surface area contributed by atoms with E-state index in [1.165, 1.54) is 0 Å². The van der Waals surface area contributed by atoms with E-state index in [9.17, 15) is 20.1 Å². The molecule has 5 heteroatoms. The second-order valence-corrected chi connectivity index (χ2v) is 7.95. The largest absolute Gasteiger partial charge is 0.481 e. The fourth-order valence-corrected chi connectivity index (χ4v) is 3.92. The van der Waals surface area contributed by atoms with E-state index in [0.29, 0.717) is 12.8 Å². The molecule has 0 bridgehead atoms. The van der Waals surface area contributed by atoms with Crippen LogP contribution in [0.4, 0.5) is 0 Å². The van der Waals surface area contributed by atoms with Gasteiger partial charge < -0.3 is 20.4 Å². The summed E-state index contributed by atoms with van der Waals surface area (Å²) < 4.78 is 0. The number of unbranched alkanes of at least 4 members (excludes halogenated alkanes) is 4. The molecule has 6 atom stereocenters. The minimum atomic E-state index is -0.753. The van der Waals surface area contributed by atoms with Crippen LogP contribution >= 0.6 is 0 Å². The number of aliphatic hydroxyl groups is 3. The highest BCUT2D eigenvalue weighted by atomic mass is 16.4. The smallest absolute Gasteiger partial charge is 0.303 e. The van der Waals surface area contributed by atoms with E-state index in [4.69, 9.17) is 5.11 Å². The van der Waals surface area contributed by atoms with Crippen LogP contribution in [0.15, 0.2) is 12.2 Å². The summed E-state index contributed by atoms with van der Waals surface area (Å²) in [4.78, 5) is 10.5. The average Bonchev–Trinajstić information content (AvgIpc) is 2.86. The third-order valence-corrected chi connectivity index (χ3v) is 5.72. The lowest BCUT2D eigenvalue weighted by molar-refractivity contribution is -0.137. The Balaban J connectivity index is 2.45. The Labute approximate surface area is 158 Å². The first kappa shape index (κ1) is 23.1. The molecule has 1 fully saturated rings. The van der Waals surface area contributed by atoms with Gasteiger partial charge in [-0.2, -0.15) is 0 Å². The maximum atomic E-state index is 10.5. The Morgan fingerprint density at radius 1 is 1.12 bits per heavy atom. The highest BCUT2D eigenvalue weighted by Gasteiger charge is 2.39. The van der Waals surface area contributed by atoms with Crippen LogP contribution in [-0.4, -0.2) is 44.7 Å². The number of hydrogen-bond acceptors (Lipinski definition) is 4. The molecule has 0 radical (unpaired) electrons. The van der Waals surface area contributed by atoms with Gasteiger partial charge >= 0.3 is 5.97 Å². The SMILES string of the molecule is CCCCC(C)C(O)C=CC1C(O)CC(O)C1CCCCCCC(=O)O. The van der Waals surface area contributed by atoms with Crippen LogP contribution in [0, 0.1) is 17.8 Å². The number of rotatable bonds is 13. The van der Waals surface area contributed by atoms with Gasteiger partial charge in [0.1, 0.15) is 0 Å². The zero-order valence-electron chi connectivity index (χ0n) is 16.4. The summed E-state index contributed by atoms with van der Waals surface area (Å²) in [7, 11) is 0. The molecule has 1 saturated carbocycles. The summed E-state index contributed by atoms with van der Waals surface area (Å²) in [6.07, 6.45) is 10.2. The summed E-state index contributed by atoms with van der Waals surface area (Å²) >= 11 is 0. The average molecular weight is 371 g/mol. The first-order chi connectivity index (χ1) is 12.4. The Morgan fingerprint density at radius 3 is 2.46 bits per heavy atom. The number of carbonyl (C=O) groups is 1. The molecular weight excluding hydrogens is 332 g/mol. The number of hydrogen-bond donors (Lipinski definition) is 4. The van der Waals surface area contributed by atoms with E-state index in [0.717, 1.165) is 44.9 Å². The molecule has 4 N–H and O–H groups in total. The summed E-state index contributed by atoms with van der Waals surface area (Å²) in [6, 6.07) is 0. The van der Waals surface area contributed by atoms with Gasteiger partial charge in [0.2, 0.25) is 0 Å². The van der Waals surface area contributed by atoms with E-state index < -0.39 is 24.3 Å². The van der Waals surface area contributed by atoms with Crippen molar-refractivity contribution in [1.29, 1.82) is 0 Å². The molecule has 0 aliphatic heterocycles. The van der Waals surface area contributed by atoms with E-state index in [1.54, 1.807) is 6.08 Å². The first-order valence-corrected chi connectivity index (χ1v) is 10.3. The van der Waals surface area contributed by atoms with Crippen LogP contribution < -0.4 is 0 Å². The lowest BCUT2D eigenvalue weighted by Crippen LogP contribution is -2.22. The van der Waals surface area contributed by atoms with Crippen LogP contribution in [0.5, 0.6) is 0 Å². The zero-order chi connectivity index (χ0) is 19.5. The minimum Gasteiger partial charge on any atom is -0.481 e. The van der Waals surface area contributed by atoms with Crippen molar-refractivity contribution >= 4 is 5.97 Å². The van der Waals surface area contributed by atoms with Gasteiger partial charge in [0.05, 0.1) is 18.3 Å². The van der Waals surface area contributed by atoms with Crippen molar-refractivity contribution in [2.45, 2.75) is 96.4 Å². The van der Waals surface area contributed by atoms with E-state index in [-0.39, 0.29) is 24.2 Å². The number of aliphatic carboxylic acids is 1. The normalized spacial score (nSPS) is 28.5. The molecule has 152 valence electrons. The summed E-state index contributed by atoms with van der Waals surface area (Å²) in [5, 5.41) is 39.5. The van der Waals surface area contributed by atoms with Crippen LogP contribution in [0.1, 0.15) is 78.1 Å². The van der Waals surface area contributed by atoms with Crippen molar-refractivity contribution in [3.05, 3.63) is 12.2 Å². The Kier molecular flexibility index (Phi) is 11.1. The lowest BCUT2D eigenvalue weighted by Gasteiger charge is -2.22. The molecule has 0 aromatic rings.